The van der Waals surface area contributed by atoms with Crippen molar-refractivity contribution in [2.24, 2.45) is 10.9 Å². The van der Waals surface area contributed by atoms with Gasteiger partial charge in [-0.1, -0.05) is 59.3 Å². The normalized spacial score (nSPS) is 13.1. The van der Waals surface area contributed by atoms with E-state index in [4.69, 9.17) is 10.9 Å². The van der Waals surface area contributed by atoms with Gasteiger partial charge < -0.3 is 16.3 Å². The summed E-state index contributed by atoms with van der Waals surface area (Å²) in [6.07, 6.45) is 0. The van der Waals surface area contributed by atoms with Crippen molar-refractivity contribution in [2.75, 3.05) is 0 Å². The lowest BCUT2D eigenvalue weighted by molar-refractivity contribution is 0.318. The van der Waals surface area contributed by atoms with Crippen LogP contribution in [0.1, 0.15) is 35.2 Å². The van der Waals surface area contributed by atoms with Gasteiger partial charge in [0.1, 0.15) is 0 Å². The highest BCUT2D eigenvalue weighted by atomic mass is 16.4. The van der Waals surface area contributed by atoms with Crippen molar-refractivity contribution in [1.82, 2.24) is 5.32 Å². The van der Waals surface area contributed by atoms with Crippen molar-refractivity contribution in [3.8, 4) is 0 Å². The Morgan fingerprint density at radius 1 is 1.14 bits per heavy atom. The summed E-state index contributed by atoms with van der Waals surface area (Å²) in [7, 11) is 0. The zero-order valence-electron chi connectivity index (χ0n) is 12.4. The van der Waals surface area contributed by atoms with Crippen LogP contribution in [0.25, 0.3) is 0 Å². The molecule has 0 saturated heterocycles. The molecule has 0 amide bonds. The zero-order valence-corrected chi connectivity index (χ0v) is 12.4. The average Bonchev–Trinajstić information content (AvgIpc) is 2.53. The Hall–Kier alpha value is -2.33. The maximum absolute atomic E-state index is 8.63. The number of nitrogens with zero attached hydrogens (tertiary/aromatic N) is 1. The van der Waals surface area contributed by atoms with E-state index in [1.54, 1.807) is 0 Å². The van der Waals surface area contributed by atoms with E-state index in [0.29, 0.717) is 5.56 Å². The highest BCUT2D eigenvalue weighted by molar-refractivity contribution is 5.96. The minimum atomic E-state index is 0.127. The van der Waals surface area contributed by atoms with Crippen LogP contribution in [0.3, 0.4) is 0 Å². The van der Waals surface area contributed by atoms with E-state index in [1.165, 1.54) is 11.1 Å². The van der Waals surface area contributed by atoms with E-state index in [2.05, 4.69) is 48.6 Å². The summed E-state index contributed by atoms with van der Waals surface area (Å²) in [5.41, 5.74) is 9.95. The lowest BCUT2D eigenvalue weighted by Crippen LogP contribution is -2.18. The molecule has 4 nitrogen and oxygen atoms in total. The highest BCUT2D eigenvalue weighted by Crippen LogP contribution is 2.14. The molecule has 0 fully saturated rings. The molecule has 0 aliphatic rings. The molecule has 0 saturated carbocycles. The standard InChI is InChI=1S/C17H21N3O/c1-12-3-7-15(8-4-12)13(2)19-11-14-5-9-16(10-6-14)17(18)20-21/h3-10,13,19,21H,11H2,1-2H3,(H2,18,20)/t13-/m0/s1. The average molecular weight is 283 g/mol. The van der Waals surface area contributed by atoms with Crippen LogP contribution in [-0.4, -0.2) is 11.0 Å². The monoisotopic (exact) mass is 283 g/mol. The second-order valence-corrected chi connectivity index (χ2v) is 5.20. The first-order valence-electron chi connectivity index (χ1n) is 6.97. The Kier molecular flexibility index (Phi) is 4.95. The smallest absolute Gasteiger partial charge is 0.170 e. The van der Waals surface area contributed by atoms with Gasteiger partial charge in [0.25, 0.3) is 0 Å². The van der Waals surface area contributed by atoms with E-state index >= 15 is 0 Å². The largest absolute Gasteiger partial charge is 0.409 e. The first-order valence-corrected chi connectivity index (χ1v) is 6.97. The quantitative estimate of drug-likeness (QED) is 0.342. The fraction of sp³-hybridized carbons (Fsp3) is 0.235. The van der Waals surface area contributed by atoms with Gasteiger partial charge in [0.15, 0.2) is 5.84 Å². The zero-order chi connectivity index (χ0) is 15.2. The van der Waals surface area contributed by atoms with Gasteiger partial charge >= 0.3 is 0 Å². The second kappa shape index (κ2) is 6.90. The van der Waals surface area contributed by atoms with Crippen molar-refractivity contribution < 1.29 is 5.21 Å². The van der Waals surface area contributed by atoms with Crippen molar-refractivity contribution >= 4 is 5.84 Å². The number of hydrogen-bond acceptors (Lipinski definition) is 3. The van der Waals surface area contributed by atoms with E-state index < -0.39 is 0 Å². The third-order valence-electron chi connectivity index (χ3n) is 3.55. The molecule has 0 bridgehead atoms. The second-order valence-electron chi connectivity index (χ2n) is 5.20. The highest BCUT2D eigenvalue weighted by Gasteiger charge is 2.05. The number of aryl methyl sites for hydroxylation is 1. The molecule has 0 aliphatic heterocycles. The van der Waals surface area contributed by atoms with Gasteiger partial charge in [0.2, 0.25) is 0 Å². The maximum atomic E-state index is 8.63. The molecule has 21 heavy (non-hydrogen) atoms. The van der Waals surface area contributed by atoms with Crippen LogP contribution < -0.4 is 11.1 Å². The SMILES string of the molecule is Cc1ccc([C@H](C)NCc2ccc(/C(N)=N/O)cc2)cc1. The van der Waals surface area contributed by atoms with Crippen LogP contribution in [0.5, 0.6) is 0 Å². The first-order chi connectivity index (χ1) is 10.1. The fourth-order valence-electron chi connectivity index (χ4n) is 2.10. The molecular weight excluding hydrogens is 262 g/mol. The molecule has 4 N–H and O–H groups in total. The first kappa shape index (κ1) is 15.1. The number of oxime groups is 1. The summed E-state index contributed by atoms with van der Waals surface area (Å²) in [6, 6.07) is 16.5. The van der Waals surface area contributed by atoms with Crippen LogP contribution in [0.15, 0.2) is 53.7 Å². The molecule has 0 unspecified atom stereocenters. The predicted molar refractivity (Wildman–Crippen MR) is 85.4 cm³/mol. The molecule has 2 rings (SSSR count). The summed E-state index contributed by atoms with van der Waals surface area (Å²) >= 11 is 0. The molecular formula is C17H21N3O. The number of rotatable bonds is 5. The lowest BCUT2D eigenvalue weighted by atomic mass is 10.1. The van der Waals surface area contributed by atoms with Gasteiger partial charge in [0.05, 0.1) is 0 Å². The van der Waals surface area contributed by atoms with Crippen LogP contribution in [0.2, 0.25) is 0 Å². The Morgan fingerprint density at radius 3 is 2.33 bits per heavy atom. The van der Waals surface area contributed by atoms with Gasteiger partial charge in [0, 0.05) is 18.2 Å². The molecule has 0 radical (unpaired) electrons. The Morgan fingerprint density at radius 2 is 1.76 bits per heavy atom. The minimum absolute atomic E-state index is 0.127. The van der Waals surface area contributed by atoms with Gasteiger partial charge in [-0.2, -0.15) is 0 Å². The van der Waals surface area contributed by atoms with Gasteiger partial charge in [-0.3, -0.25) is 0 Å². The molecule has 0 aromatic heterocycles. The van der Waals surface area contributed by atoms with Crippen LogP contribution in [-0.2, 0) is 6.54 Å². The minimum Gasteiger partial charge on any atom is -0.409 e. The summed E-state index contributed by atoms with van der Waals surface area (Å²) in [5, 5.41) is 15.1. The molecule has 110 valence electrons. The van der Waals surface area contributed by atoms with Crippen molar-refractivity contribution in [3.63, 3.8) is 0 Å². The van der Waals surface area contributed by atoms with Crippen LogP contribution in [0, 0.1) is 6.92 Å². The van der Waals surface area contributed by atoms with Gasteiger partial charge in [-0.05, 0) is 25.0 Å². The molecule has 0 spiro atoms. The van der Waals surface area contributed by atoms with Crippen molar-refractivity contribution in [2.45, 2.75) is 26.4 Å². The third-order valence-corrected chi connectivity index (χ3v) is 3.55. The molecule has 2 aromatic carbocycles. The number of hydrogen-bond donors (Lipinski definition) is 3. The van der Waals surface area contributed by atoms with Crippen molar-refractivity contribution in [3.05, 3.63) is 70.8 Å². The maximum Gasteiger partial charge on any atom is 0.170 e. The molecule has 0 heterocycles. The predicted octanol–water partition coefficient (Wildman–Crippen LogP) is 2.94. The molecule has 1 atom stereocenters. The van der Waals surface area contributed by atoms with Gasteiger partial charge in [-0.15, -0.1) is 0 Å². The summed E-state index contributed by atoms with van der Waals surface area (Å²) in [6.45, 7) is 5.01. The van der Waals surface area contributed by atoms with E-state index in [0.717, 1.165) is 12.1 Å². The fourth-order valence-corrected chi connectivity index (χ4v) is 2.10. The summed E-state index contributed by atoms with van der Waals surface area (Å²) in [4.78, 5) is 0. The van der Waals surface area contributed by atoms with Gasteiger partial charge in [-0.25, -0.2) is 0 Å². The summed E-state index contributed by atoms with van der Waals surface area (Å²) < 4.78 is 0. The Bertz CT molecular complexity index is 603. The number of amidine groups is 1. The summed E-state index contributed by atoms with van der Waals surface area (Å²) in [5.74, 6) is 0.127. The number of nitrogens with two attached hydrogens (primary N) is 1. The Labute approximate surface area is 125 Å². The van der Waals surface area contributed by atoms with Crippen LogP contribution >= 0.6 is 0 Å². The molecule has 0 aliphatic carbocycles. The van der Waals surface area contributed by atoms with E-state index in [1.807, 2.05) is 24.3 Å². The van der Waals surface area contributed by atoms with Crippen molar-refractivity contribution in [1.29, 1.82) is 0 Å². The third kappa shape index (κ3) is 4.07. The number of nitrogens with one attached hydrogen (secondary N) is 1. The molecule has 4 heteroatoms. The Balaban J connectivity index is 1.95. The topological polar surface area (TPSA) is 70.6 Å². The number of benzene rings is 2. The lowest BCUT2D eigenvalue weighted by Gasteiger charge is -2.14. The van der Waals surface area contributed by atoms with Crippen LogP contribution in [0.4, 0.5) is 0 Å². The van der Waals surface area contributed by atoms with E-state index in [9.17, 15) is 0 Å². The molecule has 2 aromatic rings. The van der Waals surface area contributed by atoms with E-state index in [-0.39, 0.29) is 11.9 Å².